The van der Waals surface area contributed by atoms with Gasteiger partial charge in [-0.25, -0.2) is 0 Å². The molecule has 5 N–H and O–H groups in total. The third-order valence-electron chi connectivity index (χ3n) is 7.28. The molecule has 1 saturated carbocycles. The van der Waals surface area contributed by atoms with E-state index in [2.05, 4.69) is 34.7 Å². The smallest absolute Gasteiger partial charge is 0.246 e. The Hall–Kier alpha value is -2.31. The van der Waals surface area contributed by atoms with Crippen LogP contribution in [0.15, 0.2) is 29.3 Å². The van der Waals surface area contributed by atoms with Gasteiger partial charge in [-0.1, -0.05) is 45.0 Å². The minimum absolute atomic E-state index is 0.183. The van der Waals surface area contributed by atoms with Gasteiger partial charge in [0.1, 0.15) is 6.61 Å². The van der Waals surface area contributed by atoms with Crippen molar-refractivity contribution >= 4 is 34.9 Å². The lowest BCUT2D eigenvalue weighted by Gasteiger charge is -2.33. The maximum Gasteiger partial charge on any atom is 0.246 e. The van der Waals surface area contributed by atoms with E-state index in [9.17, 15) is 19.5 Å². The van der Waals surface area contributed by atoms with Crippen LogP contribution < -0.4 is 16.4 Å². The zero-order valence-electron chi connectivity index (χ0n) is 23.9. The Balaban J connectivity index is 1.57. The van der Waals surface area contributed by atoms with Gasteiger partial charge < -0.3 is 30.9 Å². The molecule has 1 heterocycles. The molecule has 0 radical (unpaired) electrons. The lowest BCUT2D eigenvalue weighted by Crippen LogP contribution is -2.53. The number of thioether (sulfide) groups is 1. The van der Waals surface area contributed by atoms with Crippen molar-refractivity contribution in [1.82, 2.24) is 10.6 Å². The summed E-state index contributed by atoms with van der Waals surface area (Å²) in [6.07, 6.45) is -0.373. The van der Waals surface area contributed by atoms with E-state index < -0.39 is 35.3 Å². The molecule has 2 aliphatic rings. The molecule has 1 aromatic carbocycles. The molecule has 0 bridgehead atoms. The molecule has 1 aromatic rings. The Labute approximate surface area is 241 Å². The minimum Gasteiger partial charge on any atom is -0.393 e. The second kappa shape index (κ2) is 15.1. The molecule has 0 spiro atoms. The third-order valence-corrected chi connectivity index (χ3v) is 8.48. The Morgan fingerprint density at radius 1 is 1.10 bits per heavy atom. The fourth-order valence-corrected chi connectivity index (χ4v) is 6.11. The number of rotatable bonds is 14. The summed E-state index contributed by atoms with van der Waals surface area (Å²) in [5, 5.41) is 16.5. The number of benzene rings is 1. The van der Waals surface area contributed by atoms with Crippen LogP contribution >= 0.6 is 11.8 Å². The average molecular weight is 577 g/mol. The fourth-order valence-electron chi connectivity index (χ4n) is 5.11. The highest BCUT2D eigenvalue weighted by Crippen LogP contribution is 2.38. The topological polar surface area (TPSA) is 152 Å². The lowest BCUT2D eigenvalue weighted by molar-refractivity contribution is -0.138. The first-order valence-electron chi connectivity index (χ1n) is 13.9. The lowest BCUT2D eigenvalue weighted by atomic mass is 9.77. The van der Waals surface area contributed by atoms with Crippen molar-refractivity contribution in [3.05, 3.63) is 35.4 Å². The summed E-state index contributed by atoms with van der Waals surface area (Å²) in [5.74, 6) is -2.32. The molecule has 1 aliphatic carbocycles. The minimum atomic E-state index is -0.838. The number of hydrogen-bond acceptors (Lipinski definition) is 9. The van der Waals surface area contributed by atoms with Crippen molar-refractivity contribution in [3.63, 3.8) is 0 Å². The summed E-state index contributed by atoms with van der Waals surface area (Å²) in [4.78, 5) is 43.9. The zero-order chi connectivity index (χ0) is 29.3. The van der Waals surface area contributed by atoms with E-state index in [0.29, 0.717) is 31.6 Å². The molecule has 0 saturated heterocycles. The Bertz CT molecular complexity index is 1030. The van der Waals surface area contributed by atoms with E-state index >= 15 is 0 Å². The van der Waals surface area contributed by atoms with Crippen LogP contribution in [0, 0.1) is 17.3 Å². The average Bonchev–Trinajstić information content (AvgIpc) is 3.52. The Morgan fingerprint density at radius 3 is 2.40 bits per heavy atom. The first-order valence-corrected chi connectivity index (χ1v) is 14.9. The van der Waals surface area contributed by atoms with Gasteiger partial charge in [0.2, 0.25) is 11.8 Å². The molecule has 2 amide bonds. The number of nitrogens with one attached hydrogen (secondary N) is 2. The maximum atomic E-state index is 13.7. The first kappa shape index (κ1) is 32.2. The first-order chi connectivity index (χ1) is 19.0. The van der Waals surface area contributed by atoms with E-state index in [-0.39, 0.29) is 43.8 Å². The second-order valence-electron chi connectivity index (χ2n) is 11.6. The van der Waals surface area contributed by atoms with E-state index in [1.54, 1.807) is 11.8 Å². The number of amides is 2. The summed E-state index contributed by atoms with van der Waals surface area (Å²) in [7, 11) is 0. The van der Waals surface area contributed by atoms with Crippen molar-refractivity contribution in [1.29, 1.82) is 0 Å². The number of ketones is 1. The van der Waals surface area contributed by atoms with Crippen LogP contribution in [0.25, 0.3) is 0 Å². The number of aliphatic imine (C=N–C) groups is 1. The number of carbonyl (C=O) groups is 3. The van der Waals surface area contributed by atoms with Gasteiger partial charge in [-0.05, 0) is 36.3 Å². The van der Waals surface area contributed by atoms with Gasteiger partial charge in [-0.3, -0.25) is 19.4 Å². The van der Waals surface area contributed by atoms with Crippen molar-refractivity contribution in [2.75, 3.05) is 33.0 Å². The molecular formula is C29H44N4O6S. The SMILES string of the molecule is CC1N=CSC1c1ccc(CNC(=O)C2CC(O)C[C@H]2C(=O)C(NC(=O)COCCOCCN)C(C)(C)C)cc1. The molecule has 0 aromatic heterocycles. The van der Waals surface area contributed by atoms with Crippen LogP contribution in [0.4, 0.5) is 0 Å². The molecular weight excluding hydrogens is 532 g/mol. The number of nitrogens with zero attached hydrogens (tertiary/aromatic N) is 1. The van der Waals surface area contributed by atoms with Crippen molar-refractivity contribution in [3.8, 4) is 0 Å². The summed E-state index contributed by atoms with van der Waals surface area (Å²) >= 11 is 1.70. The highest BCUT2D eigenvalue weighted by Gasteiger charge is 2.46. The third kappa shape index (κ3) is 9.10. The van der Waals surface area contributed by atoms with Crippen LogP contribution in [0.2, 0.25) is 0 Å². The van der Waals surface area contributed by atoms with Gasteiger partial charge >= 0.3 is 0 Å². The highest BCUT2D eigenvalue weighted by molar-refractivity contribution is 8.12. The molecule has 222 valence electrons. The van der Waals surface area contributed by atoms with Gasteiger partial charge in [-0.15, -0.1) is 11.8 Å². The Morgan fingerprint density at radius 2 is 1.77 bits per heavy atom. The zero-order valence-corrected chi connectivity index (χ0v) is 24.7. The summed E-state index contributed by atoms with van der Waals surface area (Å²) in [5.41, 5.74) is 8.79. The van der Waals surface area contributed by atoms with Crippen LogP contribution in [0.1, 0.15) is 56.9 Å². The fraction of sp³-hybridized carbons (Fsp3) is 0.655. The van der Waals surface area contributed by atoms with Crippen LogP contribution in [-0.2, 0) is 30.4 Å². The quantitative estimate of drug-likeness (QED) is 0.245. The predicted octanol–water partition coefficient (Wildman–Crippen LogP) is 1.99. The van der Waals surface area contributed by atoms with Gasteiger partial charge in [0.05, 0.1) is 54.7 Å². The maximum absolute atomic E-state index is 13.7. The normalized spacial score (nSPS) is 25.1. The molecule has 3 rings (SSSR count). The molecule has 40 heavy (non-hydrogen) atoms. The number of nitrogens with two attached hydrogens (primary N) is 1. The number of hydrogen-bond donors (Lipinski definition) is 4. The largest absolute Gasteiger partial charge is 0.393 e. The number of ether oxygens (including phenoxy) is 2. The molecule has 1 aliphatic heterocycles. The number of aliphatic hydroxyl groups excluding tert-OH is 1. The Kier molecular flexibility index (Phi) is 12.1. The van der Waals surface area contributed by atoms with Gasteiger partial charge in [0, 0.05) is 19.0 Å². The van der Waals surface area contributed by atoms with Crippen molar-refractivity contribution in [2.45, 2.75) is 70.5 Å². The van der Waals surface area contributed by atoms with Gasteiger partial charge in [0.15, 0.2) is 5.78 Å². The molecule has 1 fully saturated rings. The van der Waals surface area contributed by atoms with Crippen LogP contribution in [0.5, 0.6) is 0 Å². The summed E-state index contributed by atoms with van der Waals surface area (Å²) < 4.78 is 10.6. The van der Waals surface area contributed by atoms with Gasteiger partial charge in [0.25, 0.3) is 0 Å². The molecule has 10 nitrogen and oxygen atoms in total. The number of aliphatic hydroxyl groups is 1. The van der Waals surface area contributed by atoms with Gasteiger partial charge in [-0.2, -0.15) is 0 Å². The number of carbonyl (C=O) groups excluding carboxylic acids is 3. The summed E-state index contributed by atoms with van der Waals surface area (Å²) in [6.45, 7) is 9.15. The monoisotopic (exact) mass is 576 g/mol. The van der Waals surface area contributed by atoms with Crippen molar-refractivity contribution < 1.29 is 29.0 Å². The van der Waals surface area contributed by atoms with Crippen LogP contribution in [-0.4, -0.2) is 79.4 Å². The van der Waals surface area contributed by atoms with E-state index in [1.165, 1.54) is 5.56 Å². The second-order valence-corrected chi connectivity index (χ2v) is 12.6. The standard InChI is InChI=1S/C29H44N4O6S/c1-18-26(40-17-32-18)20-7-5-19(6-8-20)15-31-28(37)23-14-21(34)13-22(23)25(36)27(29(2,3)4)33-24(35)16-39-12-11-38-10-9-30/h5-8,17-18,21-23,26-27,34H,9-16,30H2,1-4H3,(H,31,37)(H,33,35)/t18?,21?,22-,23?,26?,27?/m1/s1. The summed E-state index contributed by atoms with van der Waals surface area (Å²) in [6, 6.07) is 7.49. The van der Waals surface area contributed by atoms with E-state index in [1.807, 2.05) is 38.5 Å². The van der Waals surface area contributed by atoms with Crippen molar-refractivity contribution in [2.24, 2.45) is 28.0 Å². The molecule has 5 unspecified atom stereocenters. The van der Waals surface area contributed by atoms with E-state index in [4.69, 9.17) is 15.2 Å². The molecule has 6 atom stereocenters. The number of Topliss-reactive ketones (excluding diaryl/α,β-unsaturated/α-hetero) is 1. The predicted molar refractivity (Wildman–Crippen MR) is 156 cm³/mol. The highest BCUT2D eigenvalue weighted by atomic mass is 32.2. The molecule has 11 heteroatoms. The van der Waals surface area contributed by atoms with Crippen LogP contribution in [0.3, 0.4) is 0 Å². The van der Waals surface area contributed by atoms with E-state index in [0.717, 1.165) is 5.56 Å².